The molecule has 0 unspecified atom stereocenters. The molecule has 0 aromatic heterocycles. The molecule has 1 aliphatic carbocycles. The Morgan fingerprint density at radius 3 is 2.04 bits per heavy atom. The van der Waals surface area contributed by atoms with Gasteiger partial charge in [-0.15, -0.1) is 0 Å². The van der Waals surface area contributed by atoms with E-state index in [1.165, 1.54) is 4.90 Å². The highest BCUT2D eigenvalue weighted by Gasteiger charge is 2.57. The third-order valence-electron chi connectivity index (χ3n) is 5.40. The average molecular weight is 366 g/mol. The Hall–Kier alpha value is -3.35. The number of primary amides is 1. The Labute approximate surface area is 155 Å². The van der Waals surface area contributed by atoms with Crippen molar-refractivity contribution in [3.8, 4) is 11.1 Å². The van der Waals surface area contributed by atoms with Crippen LogP contribution in [0, 0.1) is 5.41 Å². The van der Waals surface area contributed by atoms with Gasteiger partial charge in [-0.25, -0.2) is 4.79 Å². The van der Waals surface area contributed by atoms with Gasteiger partial charge in [-0.3, -0.25) is 9.59 Å². The zero-order valence-corrected chi connectivity index (χ0v) is 14.4. The van der Waals surface area contributed by atoms with Crippen molar-refractivity contribution in [2.75, 3.05) is 19.7 Å². The SMILES string of the molecule is NC(=O)C1(C(=O)O)CN(C(=O)OCC2c3ccccc3-c3ccccc32)C1. The summed E-state index contributed by atoms with van der Waals surface area (Å²) in [6.07, 6.45) is -0.644. The molecule has 0 radical (unpaired) electrons. The number of aliphatic carboxylic acids is 1. The van der Waals surface area contributed by atoms with Gasteiger partial charge in [-0.05, 0) is 22.3 Å². The van der Waals surface area contributed by atoms with Gasteiger partial charge in [0.15, 0.2) is 5.41 Å². The summed E-state index contributed by atoms with van der Waals surface area (Å²) in [5.41, 5.74) is 7.88. The summed E-state index contributed by atoms with van der Waals surface area (Å²) >= 11 is 0. The lowest BCUT2D eigenvalue weighted by atomic mass is 9.79. The van der Waals surface area contributed by atoms with E-state index in [4.69, 9.17) is 10.5 Å². The molecule has 2 aromatic rings. The number of fused-ring (bicyclic) bond motifs is 3. The largest absolute Gasteiger partial charge is 0.480 e. The van der Waals surface area contributed by atoms with Crippen molar-refractivity contribution >= 4 is 18.0 Å². The number of rotatable bonds is 4. The molecule has 7 nitrogen and oxygen atoms in total. The van der Waals surface area contributed by atoms with Crippen molar-refractivity contribution in [2.24, 2.45) is 11.1 Å². The molecule has 0 atom stereocenters. The number of carbonyl (C=O) groups is 3. The number of benzene rings is 2. The van der Waals surface area contributed by atoms with E-state index in [-0.39, 0.29) is 25.6 Å². The van der Waals surface area contributed by atoms with E-state index in [2.05, 4.69) is 0 Å². The summed E-state index contributed by atoms with van der Waals surface area (Å²) in [5.74, 6) is -2.35. The summed E-state index contributed by atoms with van der Waals surface area (Å²) in [6.45, 7) is -0.400. The first kappa shape index (κ1) is 17.1. The number of hydrogen-bond donors (Lipinski definition) is 2. The predicted molar refractivity (Wildman–Crippen MR) is 95.9 cm³/mol. The first-order chi connectivity index (χ1) is 12.9. The maximum atomic E-state index is 12.3. The zero-order chi connectivity index (χ0) is 19.2. The van der Waals surface area contributed by atoms with E-state index in [1.54, 1.807) is 0 Å². The zero-order valence-electron chi connectivity index (χ0n) is 14.4. The number of nitrogens with two attached hydrogens (primary N) is 1. The van der Waals surface area contributed by atoms with Gasteiger partial charge in [0.2, 0.25) is 5.91 Å². The average Bonchev–Trinajstić information content (AvgIpc) is 2.92. The monoisotopic (exact) mass is 366 g/mol. The van der Waals surface area contributed by atoms with Crippen molar-refractivity contribution in [3.63, 3.8) is 0 Å². The molecular formula is C20H18N2O5. The van der Waals surface area contributed by atoms with Gasteiger partial charge in [-0.1, -0.05) is 48.5 Å². The predicted octanol–water partition coefficient (Wildman–Crippen LogP) is 1.81. The molecule has 2 aromatic carbocycles. The number of amides is 2. The molecule has 3 N–H and O–H groups in total. The molecule has 0 bridgehead atoms. The first-order valence-electron chi connectivity index (χ1n) is 8.57. The molecule has 2 aliphatic rings. The molecule has 138 valence electrons. The van der Waals surface area contributed by atoms with E-state index in [0.29, 0.717) is 0 Å². The van der Waals surface area contributed by atoms with Gasteiger partial charge in [0, 0.05) is 5.92 Å². The van der Waals surface area contributed by atoms with E-state index in [1.807, 2.05) is 48.5 Å². The lowest BCUT2D eigenvalue weighted by Gasteiger charge is -2.43. The second kappa shape index (κ2) is 6.12. The molecule has 2 amide bonds. The van der Waals surface area contributed by atoms with Gasteiger partial charge in [-0.2, -0.15) is 0 Å². The number of hydrogen-bond acceptors (Lipinski definition) is 4. The van der Waals surface area contributed by atoms with Crippen LogP contribution in [0.1, 0.15) is 17.0 Å². The molecule has 7 heteroatoms. The first-order valence-corrected chi connectivity index (χ1v) is 8.57. The number of ether oxygens (including phenoxy) is 1. The smallest absolute Gasteiger partial charge is 0.409 e. The fourth-order valence-corrected chi connectivity index (χ4v) is 3.82. The lowest BCUT2D eigenvalue weighted by molar-refractivity contribution is -0.164. The number of nitrogens with zero attached hydrogens (tertiary/aromatic N) is 1. The maximum absolute atomic E-state index is 12.3. The van der Waals surface area contributed by atoms with Crippen LogP contribution in [0.2, 0.25) is 0 Å². The van der Waals surface area contributed by atoms with Crippen LogP contribution in [0.5, 0.6) is 0 Å². The van der Waals surface area contributed by atoms with Crippen molar-refractivity contribution in [2.45, 2.75) is 5.92 Å². The Morgan fingerprint density at radius 1 is 1.04 bits per heavy atom. The summed E-state index contributed by atoms with van der Waals surface area (Å²) in [6, 6.07) is 15.9. The maximum Gasteiger partial charge on any atom is 0.409 e. The molecular weight excluding hydrogens is 348 g/mol. The van der Waals surface area contributed by atoms with Crippen molar-refractivity contribution in [3.05, 3.63) is 59.7 Å². The number of carboxylic acids is 1. The minimum Gasteiger partial charge on any atom is -0.480 e. The van der Waals surface area contributed by atoms with Crippen LogP contribution in [0.3, 0.4) is 0 Å². The third-order valence-corrected chi connectivity index (χ3v) is 5.40. The van der Waals surface area contributed by atoms with Crippen LogP contribution in [0.15, 0.2) is 48.5 Å². The minimum atomic E-state index is -1.72. The second-order valence-corrected chi connectivity index (χ2v) is 6.91. The fourth-order valence-electron chi connectivity index (χ4n) is 3.82. The van der Waals surface area contributed by atoms with E-state index in [0.717, 1.165) is 22.3 Å². The normalized spacial score (nSPS) is 16.8. The number of likely N-dealkylation sites (tertiary alicyclic amines) is 1. The van der Waals surface area contributed by atoms with Gasteiger partial charge in [0.25, 0.3) is 0 Å². The van der Waals surface area contributed by atoms with Gasteiger partial charge < -0.3 is 20.5 Å². The summed E-state index contributed by atoms with van der Waals surface area (Å²) in [5, 5.41) is 9.20. The highest BCUT2D eigenvalue weighted by molar-refractivity contribution is 6.04. The molecule has 4 rings (SSSR count). The van der Waals surface area contributed by atoms with Gasteiger partial charge in [0.05, 0.1) is 13.1 Å². The molecule has 0 spiro atoms. The number of carboxylic acid groups (broad SMARTS) is 1. The highest BCUT2D eigenvalue weighted by Crippen LogP contribution is 2.44. The van der Waals surface area contributed by atoms with Crippen LogP contribution in [-0.2, 0) is 14.3 Å². The quantitative estimate of drug-likeness (QED) is 0.802. The van der Waals surface area contributed by atoms with Crippen LogP contribution < -0.4 is 5.73 Å². The fraction of sp³-hybridized carbons (Fsp3) is 0.250. The molecule has 1 heterocycles. The van der Waals surface area contributed by atoms with Crippen molar-refractivity contribution in [1.29, 1.82) is 0 Å². The molecule has 1 aliphatic heterocycles. The standard InChI is InChI=1S/C20H18N2O5/c21-17(23)20(18(24)25)10-22(11-20)19(26)27-9-16-14-7-3-1-5-12(14)13-6-2-4-8-15(13)16/h1-8,16H,9-11H2,(H2,21,23)(H,24,25). The van der Waals surface area contributed by atoms with Crippen LogP contribution in [0.4, 0.5) is 4.79 Å². The van der Waals surface area contributed by atoms with E-state index < -0.39 is 23.4 Å². The highest BCUT2D eigenvalue weighted by atomic mass is 16.6. The summed E-state index contributed by atoms with van der Waals surface area (Å²) in [7, 11) is 0. The Bertz CT molecular complexity index is 887. The molecule has 1 fully saturated rings. The Kier molecular flexibility index (Phi) is 3.87. The van der Waals surface area contributed by atoms with Crippen LogP contribution in [0.25, 0.3) is 11.1 Å². The molecule has 0 saturated carbocycles. The summed E-state index contributed by atoms with van der Waals surface area (Å²) in [4.78, 5) is 36.2. The van der Waals surface area contributed by atoms with Crippen molar-refractivity contribution < 1.29 is 24.2 Å². The summed E-state index contributed by atoms with van der Waals surface area (Å²) < 4.78 is 5.44. The third kappa shape index (κ3) is 2.54. The minimum absolute atomic E-state index is 0.0806. The van der Waals surface area contributed by atoms with Gasteiger partial charge >= 0.3 is 12.1 Å². The topological polar surface area (TPSA) is 110 Å². The number of carbonyl (C=O) groups excluding carboxylic acids is 2. The van der Waals surface area contributed by atoms with Gasteiger partial charge in [0.1, 0.15) is 6.61 Å². The van der Waals surface area contributed by atoms with Crippen LogP contribution in [-0.4, -0.2) is 47.7 Å². The van der Waals surface area contributed by atoms with Crippen molar-refractivity contribution in [1.82, 2.24) is 4.90 Å². The van der Waals surface area contributed by atoms with Crippen LogP contribution >= 0.6 is 0 Å². The molecule has 27 heavy (non-hydrogen) atoms. The Balaban J connectivity index is 1.46. The Morgan fingerprint density at radius 2 is 1.56 bits per heavy atom. The second-order valence-electron chi connectivity index (χ2n) is 6.91. The lowest BCUT2D eigenvalue weighted by Crippen LogP contribution is -2.67. The molecule has 1 saturated heterocycles. The van der Waals surface area contributed by atoms with E-state index >= 15 is 0 Å². The van der Waals surface area contributed by atoms with E-state index in [9.17, 15) is 19.5 Å².